The van der Waals surface area contributed by atoms with Crippen LogP contribution in [-0.2, 0) is 11.2 Å². The van der Waals surface area contributed by atoms with Crippen molar-refractivity contribution in [2.45, 2.75) is 38.6 Å². The quantitative estimate of drug-likeness (QED) is 0.557. The number of methoxy groups -OCH3 is 1. The Balaban J connectivity index is 1.62. The van der Waals surface area contributed by atoms with Crippen LogP contribution >= 0.6 is 0 Å². The Kier molecular flexibility index (Phi) is 6.34. The highest BCUT2D eigenvalue weighted by Crippen LogP contribution is 2.38. The van der Waals surface area contributed by atoms with Crippen LogP contribution in [0.25, 0.3) is 11.1 Å². The normalized spacial score (nSPS) is 15.8. The van der Waals surface area contributed by atoms with E-state index in [-0.39, 0.29) is 11.9 Å². The highest BCUT2D eigenvalue weighted by Gasteiger charge is 2.33. The predicted octanol–water partition coefficient (Wildman–Crippen LogP) is 3.21. The van der Waals surface area contributed by atoms with E-state index >= 15 is 0 Å². The average molecular weight is 437 g/mol. The van der Waals surface area contributed by atoms with Crippen LogP contribution in [0.3, 0.4) is 0 Å². The molecule has 4 heterocycles. The van der Waals surface area contributed by atoms with E-state index in [9.17, 15) is 4.79 Å². The molecule has 1 aliphatic heterocycles. The molecular formula is C23H28N6O3. The molecule has 3 aromatic rings. The number of likely N-dealkylation sites (tertiary alicyclic amines) is 1. The van der Waals surface area contributed by atoms with Crippen LogP contribution in [-0.4, -0.2) is 58.7 Å². The molecule has 0 spiro atoms. The fourth-order valence-corrected chi connectivity index (χ4v) is 4.07. The van der Waals surface area contributed by atoms with Gasteiger partial charge in [0, 0.05) is 63.7 Å². The van der Waals surface area contributed by atoms with Gasteiger partial charge < -0.3 is 19.1 Å². The van der Waals surface area contributed by atoms with Gasteiger partial charge in [0.2, 0.25) is 11.9 Å². The maximum absolute atomic E-state index is 13.2. The van der Waals surface area contributed by atoms with Crippen LogP contribution in [0.1, 0.15) is 42.3 Å². The number of ether oxygens (including phenoxy) is 1. The lowest BCUT2D eigenvalue weighted by atomic mass is 9.97. The number of aryl methyl sites for hydroxylation is 2. The number of hydrogen-bond donors (Lipinski definition) is 0. The summed E-state index contributed by atoms with van der Waals surface area (Å²) in [7, 11) is 5.37. The molecule has 168 valence electrons. The van der Waals surface area contributed by atoms with Gasteiger partial charge in [0.25, 0.3) is 5.88 Å². The first-order valence-electron chi connectivity index (χ1n) is 10.7. The van der Waals surface area contributed by atoms with Gasteiger partial charge in [-0.25, -0.2) is 9.97 Å². The minimum atomic E-state index is -0.101. The van der Waals surface area contributed by atoms with E-state index in [1.165, 1.54) is 7.11 Å². The van der Waals surface area contributed by atoms with Crippen molar-refractivity contribution < 1.29 is 14.1 Å². The highest BCUT2D eigenvalue weighted by atomic mass is 16.5. The first kappa shape index (κ1) is 21.7. The Labute approximate surface area is 187 Å². The molecule has 9 heteroatoms. The van der Waals surface area contributed by atoms with Gasteiger partial charge in [0.15, 0.2) is 0 Å². The summed E-state index contributed by atoms with van der Waals surface area (Å²) in [5.74, 6) is 1.76. The van der Waals surface area contributed by atoms with Crippen LogP contribution in [0.4, 0.5) is 5.95 Å². The summed E-state index contributed by atoms with van der Waals surface area (Å²) >= 11 is 0. The standard InChI is InChI=1S/C23H28N6O3/c1-15-13-24-10-9-17(15)18-14-25-23(28(2)3)26-22(18)19-6-5-11-29(19)21(30)8-7-16-12-20(31-4)27-32-16/h9-10,12-14,19H,5-8,11H2,1-4H3/t19-/m1/s1. The monoisotopic (exact) mass is 436 g/mol. The molecule has 1 atom stereocenters. The van der Waals surface area contributed by atoms with Gasteiger partial charge >= 0.3 is 0 Å². The van der Waals surface area contributed by atoms with Gasteiger partial charge in [-0.15, -0.1) is 0 Å². The fourth-order valence-electron chi connectivity index (χ4n) is 4.07. The maximum Gasteiger partial charge on any atom is 0.254 e. The van der Waals surface area contributed by atoms with Crippen molar-refractivity contribution in [2.75, 3.05) is 32.6 Å². The van der Waals surface area contributed by atoms with Crippen LogP contribution in [0.5, 0.6) is 5.88 Å². The largest absolute Gasteiger partial charge is 0.479 e. The summed E-state index contributed by atoms with van der Waals surface area (Å²) in [6.07, 6.45) is 8.08. The predicted molar refractivity (Wildman–Crippen MR) is 119 cm³/mol. The van der Waals surface area contributed by atoms with E-state index in [1.54, 1.807) is 12.3 Å². The van der Waals surface area contributed by atoms with Gasteiger partial charge in [-0.05, 0) is 42.1 Å². The molecule has 0 aliphatic carbocycles. The summed E-state index contributed by atoms with van der Waals surface area (Å²) in [4.78, 5) is 30.6. The number of carbonyl (C=O) groups is 1. The number of carbonyl (C=O) groups excluding carboxylic acids is 1. The van der Waals surface area contributed by atoms with Crippen molar-refractivity contribution >= 4 is 11.9 Å². The van der Waals surface area contributed by atoms with E-state index in [2.05, 4.69) is 15.1 Å². The second-order valence-corrected chi connectivity index (χ2v) is 8.13. The lowest BCUT2D eigenvalue weighted by Crippen LogP contribution is -2.32. The van der Waals surface area contributed by atoms with Crippen molar-refractivity contribution in [3.05, 3.63) is 47.7 Å². The average Bonchev–Trinajstić information content (AvgIpc) is 3.47. The molecule has 0 saturated carbocycles. The zero-order valence-corrected chi connectivity index (χ0v) is 18.9. The van der Waals surface area contributed by atoms with E-state index in [1.807, 2.05) is 49.3 Å². The number of anilines is 1. The molecular weight excluding hydrogens is 408 g/mol. The molecule has 0 bridgehead atoms. The van der Waals surface area contributed by atoms with Gasteiger partial charge in [0.1, 0.15) is 5.76 Å². The number of pyridine rings is 1. The smallest absolute Gasteiger partial charge is 0.254 e. The number of rotatable bonds is 7. The molecule has 0 aromatic carbocycles. The topological polar surface area (TPSA) is 97.5 Å². The third-order valence-corrected chi connectivity index (χ3v) is 5.74. The summed E-state index contributed by atoms with van der Waals surface area (Å²) < 4.78 is 10.3. The molecule has 3 aromatic heterocycles. The van der Waals surface area contributed by atoms with Crippen molar-refractivity contribution in [3.8, 4) is 17.0 Å². The van der Waals surface area contributed by atoms with Gasteiger partial charge in [-0.1, -0.05) is 0 Å². The van der Waals surface area contributed by atoms with Gasteiger partial charge in [-0.2, -0.15) is 0 Å². The Morgan fingerprint density at radius 1 is 1.31 bits per heavy atom. The lowest BCUT2D eigenvalue weighted by molar-refractivity contribution is -0.132. The minimum absolute atomic E-state index is 0.0743. The molecule has 1 aliphatic rings. The number of aromatic nitrogens is 4. The Hall–Kier alpha value is -3.49. The number of nitrogens with zero attached hydrogens (tertiary/aromatic N) is 6. The Bertz CT molecular complexity index is 1100. The summed E-state index contributed by atoms with van der Waals surface area (Å²) in [6.45, 7) is 2.73. The number of amides is 1. The Morgan fingerprint density at radius 2 is 2.16 bits per heavy atom. The molecule has 1 fully saturated rings. The van der Waals surface area contributed by atoms with Crippen LogP contribution in [0.2, 0.25) is 0 Å². The second kappa shape index (κ2) is 9.33. The second-order valence-electron chi connectivity index (χ2n) is 8.13. The summed E-state index contributed by atoms with van der Waals surface area (Å²) in [5.41, 5.74) is 3.91. The van der Waals surface area contributed by atoms with Crippen LogP contribution < -0.4 is 9.64 Å². The summed E-state index contributed by atoms with van der Waals surface area (Å²) in [6, 6.07) is 3.59. The maximum atomic E-state index is 13.2. The molecule has 0 radical (unpaired) electrons. The van der Waals surface area contributed by atoms with E-state index < -0.39 is 0 Å². The molecule has 0 unspecified atom stereocenters. The molecule has 32 heavy (non-hydrogen) atoms. The van der Waals surface area contributed by atoms with Crippen molar-refractivity contribution in [3.63, 3.8) is 0 Å². The molecule has 0 N–H and O–H groups in total. The summed E-state index contributed by atoms with van der Waals surface area (Å²) in [5, 5.41) is 3.80. The van der Waals surface area contributed by atoms with Gasteiger partial charge in [0.05, 0.1) is 18.8 Å². The third-order valence-electron chi connectivity index (χ3n) is 5.74. The molecule has 1 amide bonds. The van der Waals surface area contributed by atoms with Crippen molar-refractivity contribution in [1.29, 1.82) is 0 Å². The van der Waals surface area contributed by atoms with Crippen LogP contribution in [0, 0.1) is 6.92 Å². The number of hydrogen-bond acceptors (Lipinski definition) is 8. The highest BCUT2D eigenvalue weighted by molar-refractivity contribution is 5.78. The van der Waals surface area contributed by atoms with Crippen LogP contribution in [0.15, 0.2) is 35.2 Å². The fraction of sp³-hybridized carbons (Fsp3) is 0.435. The van der Waals surface area contributed by atoms with E-state index in [4.69, 9.17) is 14.2 Å². The van der Waals surface area contributed by atoms with E-state index in [0.717, 1.165) is 35.2 Å². The molecule has 4 rings (SSSR count). The van der Waals surface area contributed by atoms with Crippen molar-refractivity contribution in [2.24, 2.45) is 0 Å². The molecule has 9 nitrogen and oxygen atoms in total. The zero-order chi connectivity index (χ0) is 22.7. The van der Waals surface area contributed by atoms with E-state index in [0.29, 0.717) is 37.0 Å². The first-order chi connectivity index (χ1) is 15.5. The first-order valence-corrected chi connectivity index (χ1v) is 10.7. The van der Waals surface area contributed by atoms with Gasteiger partial charge in [-0.3, -0.25) is 9.78 Å². The SMILES string of the molecule is COc1cc(CCC(=O)N2CCC[C@@H]2c2nc(N(C)C)ncc2-c2ccncc2C)on1. The van der Waals surface area contributed by atoms with Crippen molar-refractivity contribution in [1.82, 2.24) is 25.0 Å². The molecule has 1 saturated heterocycles. The third kappa shape index (κ3) is 4.42. The minimum Gasteiger partial charge on any atom is -0.479 e. The lowest BCUT2D eigenvalue weighted by Gasteiger charge is -2.27. The Morgan fingerprint density at radius 3 is 2.88 bits per heavy atom. The zero-order valence-electron chi connectivity index (χ0n) is 18.9.